The SMILES string of the molecule is CC#Cc1c([N+](=O)[O-])cccc1C(C)(C)C. The van der Waals surface area contributed by atoms with Gasteiger partial charge in [0.25, 0.3) is 5.69 Å². The third kappa shape index (κ3) is 2.40. The molecule has 1 aromatic rings. The normalized spacial score (nSPS) is 10.5. The number of hydrogen-bond acceptors (Lipinski definition) is 2. The predicted octanol–water partition coefficient (Wildman–Crippen LogP) is 3.26. The molecule has 0 heterocycles. The van der Waals surface area contributed by atoms with Crippen LogP contribution in [0.5, 0.6) is 0 Å². The van der Waals surface area contributed by atoms with Gasteiger partial charge in [0.2, 0.25) is 0 Å². The quantitative estimate of drug-likeness (QED) is 0.411. The first kappa shape index (κ1) is 12.3. The molecule has 3 heteroatoms. The Kier molecular flexibility index (Phi) is 3.34. The van der Waals surface area contributed by atoms with Crippen LogP contribution in [0.15, 0.2) is 18.2 Å². The van der Waals surface area contributed by atoms with Gasteiger partial charge in [0.15, 0.2) is 0 Å². The van der Waals surface area contributed by atoms with Crippen LogP contribution in [0.25, 0.3) is 0 Å². The van der Waals surface area contributed by atoms with Crippen molar-refractivity contribution in [1.29, 1.82) is 0 Å². The van der Waals surface area contributed by atoms with Gasteiger partial charge in [0.1, 0.15) is 5.56 Å². The van der Waals surface area contributed by atoms with Crippen LogP contribution in [0.2, 0.25) is 0 Å². The van der Waals surface area contributed by atoms with E-state index in [1.807, 2.05) is 26.8 Å². The Morgan fingerprint density at radius 2 is 1.94 bits per heavy atom. The first-order valence-electron chi connectivity index (χ1n) is 5.08. The smallest absolute Gasteiger partial charge is 0.258 e. The van der Waals surface area contributed by atoms with Gasteiger partial charge in [-0.3, -0.25) is 10.1 Å². The van der Waals surface area contributed by atoms with Gasteiger partial charge >= 0.3 is 0 Å². The maximum absolute atomic E-state index is 10.9. The minimum Gasteiger partial charge on any atom is -0.258 e. The summed E-state index contributed by atoms with van der Waals surface area (Å²) in [4.78, 5) is 10.5. The number of rotatable bonds is 1. The molecular weight excluding hydrogens is 202 g/mol. The molecule has 0 unspecified atom stereocenters. The van der Waals surface area contributed by atoms with Crippen LogP contribution < -0.4 is 0 Å². The molecular formula is C13H15NO2. The third-order valence-corrected chi connectivity index (χ3v) is 2.30. The van der Waals surface area contributed by atoms with Crippen molar-refractivity contribution in [2.45, 2.75) is 33.1 Å². The van der Waals surface area contributed by atoms with Crippen LogP contribution in [-0.2, 0) is 5.41 Å². The van der Waals surface area contributed by atoms with Gasteiger partial charge in [-0.05, 0) is 17.9 Å². The number of nitro groups is 1. The van der Waals surface area contributed by atoms with Gasteiger partial charge in [0, 0.05) is 6.07 Å². The molecule has 16 heavy (non-hydrogen) atoms. The molecule has 0 radical (unpaired) electrons. The van der Waals surface area contributed by atoms with Crippen LogP contribution >= 0.6 is 0 Å². The lowest BCUT2D eigenvalue weighted by atomic mass is 9.83. The van der Waals surface area contributed by atoms with Gasteiger partial charge in [0.05, 0.1) is 4.92 Å². The van der Waals surface area contributed by atoms with Gasteiger partial charge in [-0.15, -0.1) is 5.92 Å². The summed E-state index contributed by atoms with van der Waals surface area (Å²) in [5.74, 6) is 5.58. The van der Waals surface area contributed by atoms with Crippen molar-refractivity contribution in [2.24, 2.45) is 0 Å². The molecule has 0 saturated carbocycles. The van der Waals surface area contributed by atoms with Gasteiger partial charge < -0.3 is 0 Å². The van der Waals surface area contributed by atoms with Crippen molar-refractivity contribution < 1.29 is 4.92 Å². The van der Waals surface area contributed by atoms with Crippen molar-refractivity contribution in [1.82, 2.24) is 0 Å². The van der Waals surface area contributed by atoms with Gasteiger partial charge in [-0.2, -0.15) is 0 Å². The molecule has 0 N–H and O–H groups in total. The molecule has 84 valence electrons. The average Bonchev–Trinajstić information content (AvgIpc) is 2.16. The van der Waals surface area contributed by atoms with Crippen LogP contribution in [0.4, 0.5) is 5.69 Å². The van der Waals surface area contributed by atoms with Crippen molar-refractivity contribution in [3.05, 3.63) is 39.4 Å². The Hall–Kier alpha value is -1.82. The minimum absolute atomic E-state index is 0.0850. The maximum atomic E-state index is 10.9. The van der Waals surface area contributed by atoms with Crippen LogP contribution in [0.3, 0.4) is 0 Å². The number of hydrogen-bond donors (Lipinski definition) is 0. The molecule has 1 rings (SSSR count). The van der Waals surface area contributed by atoms with Crippen molar-refractivity contribution in [3.8, 4) is 11.8 Å². The second-order valence-electron chi connectivity index (χ2n) is 4.58. The zero-order chi connectivity index (χ0) is 12.3. The molecule has 0 spiro atoms. The van der Waals surface area contributed by atoms with E-state index in [2.05, 4.69) is 11.8 Å². The highest BCUT2D eigenvalue weighted by Crippen LogP contribution is 2.30. The van der Waals surface area contributed by atoms with Gasteiger partial charge in [-0.1, -0.05) is 38.8 Å². The van der Waals surface area contributed by atoms with E-state index in [1.54, 1.807) is 13.0 Å². The Balaban J connectivity index is 3.55. The largest absolute Gasteiger partial charge is 0.285 e. The highest BCUT2D eigenvalue weighted by Gasteiger charge is 2.23. The summed E-state index contributed by atoms with van der Waals surface area (Å²) in [7, 11) is 0. The summed E-state index contributed by atoms with van der Waals surface area (Å²) in [6.07, 6.45) is 0. The molecule has 0 aliphatic heterocycles. The molecule has 3 nitrogen and oxygen atoms in total. The zero-order valence-electron chi connectivity index (χ0n) is 10.00. The van der Waals surface area contributed by atoms with Crippen LogP contribution in [-0.4, -0.2) is 4.92 Å². The Morgan fingerprint density at radius 3 is 2.38 bits per heavy atom. The number of benzene rings is 1. The fraction of sp³-hybridized carbons (Fsp3) is 0.385. The summed E-state index contributed by atoms with van der Waals surface area (Å²) < 4.78 is 0. The van der Waals surface area contributed by atoms with E-state index in [0.717, 1.165) is 5.56 Å². The molecule has 0 bridgehead atoms. The zero-order valence-corrected chi connectivity index (χ0v) is 10.00. The second-order valence-corrected chi connectivity index (χ2v) is 4.58. The topological polar surface area (TPSA) is 43.1 Å². The van der Waals surface area contributed by atoms with E-state index < -0.39 is 0 Å². The van der Waals surface area contributed by atoms with E-state index >= 15 is 0 Å². The van der Waals surface area contributed by atoms with E-state index in [4.69, 9.17) is 0 Å². The molecule has 0 atom stereocenters. The fourth-order valence-corrected chi connectivity index (χ4v) is 1.57. The first-order valence-corrected chi connectivity index (χ1v) is 5.08. The number of nitro benzene ring substituents is 1. The standard InChI is InChI=1S/C13H15NO2/c1-5-7-10-11(13(2,3)4)8-6-9-12(10)14(15)16/h6,8-9H,1-4H3. The molecule has 0 aliphatic rings. The Bertz CT molecular complexity index is 473. The van der Waals surface area contributed by atoms with E-state index in [0.29, 0.717) is 5.56 Å². The molecule has 0 amide bonds. The lowest BCUT2D eigenvalue weighted by Gasteiger charge is -2.20. The molecule has 0 saturated heterocycles. The minimum atomic E-state index is -0.380. The fourth-order valence-electron chi connectivity index (χ4n) is 1.57. The summed E-state index contributed by atoms with van der Waals surface area (Å²) in [6, 6.07) is 5.10. The summed E-state index contributed by atoms with van der Waals surface area (Å²) >= 11 is 0. The van der Waals surface area contributed by atoms with Crippen molar-refractivity contribution in [3.63, 3.8) is 0 Å². The lowest BCUT2D eigenvalue weighted by Crippen LogP contribution is -2.14. The summed E-state index contributed by atoms with van der Waals surface area (Å²) in [6.45, 7) is 7.75. The number of nitrogens with zero attached hydrogens (tertiary/aromatic N) is 1. The van der Waals surface area contributed by atoms with E-state index in [-0.39, 0.29) is 16.0 Å². The highest BCUT2D eigenvalue weighted by molar-refractivity contribution is 5.57. The van der Waals surface area contributed by atoms with E-state index in [1.165, 1.54) is 6.07 Å². The Morgan fingerprint density at radius 1 is 1.31 bits per heavy atom. The monoisotopic (exact) mass is 217 g/mol. The predicted molar refractivity (Wildman–Crippen MR) is 64.3 cm³/mol. The van der Waals surface area contributed by atoms with E-state index in [9.17, 15) is 10.1 Å². The van der Waals surface area contributed by atoms with Crippen LogP contribution in [0, 0.1) is 22.0 Å². The van der Waals surface area contributed by atoms with Crippen molar-refractivity contribution >= 4 is 5.69 Å². The molecule has 0 aromatic heterocycles. The summed E-state index contributed by atoms with van der Waals surface area (Å²) in [5, 5.41) is 10.9. The van der Waals surface area contributed by atoms with Gasteiger partial charge in [-0.25, -0.2) is 0 Å². The van der Waals surface area contributed by atoms with Crippen molar-refractivity contribution in [2.75, 3.05) is 0 Å². The Labute approximate surface area is 95.6 Å². The molecule has 0 aliphatic carbocycles. The molecule has 0 fully saturated rings. The maximum Gasteiger partial charge on any atom is 0.285 e. The van der Waals surface area contributed by atoms with Crippen LogP contribution in [0.1, 0.15) is 38.8 Å². The second kappa shape index (κ2) is 4.36. The third-order valence-electron chi connectivity index (χ3n) is 2.30. The lowest BCUT2D eigenvalue weighted by molar-refractivity contribution is -0.385. The summed E-state index contributed by atoms with van der Waals surface area (Å²) in [5.41, 5.74) is 1.38. The molecule has 1 aromatic carbocycles. The first-order chi connectivity index (χ1) is 7.38. The highest BCUT2D eigenvalue weighted by atomic mass is 16.6. The average molecular weight is 217 g/mol.